The molecule has 2 rings (SSSR count). The summed E-state index contributed by atoms with van der Waals surface area (Å²) < 4.78 is 13.1. The molecule has 1 aromatic carbocycles. The van der Waals surface area contributed by atoms with Crippen molar-refractivity contribution in [2.75, 3.05) is 0 Å². The fourth-order valence-corrected chi connectivity index (χ4v) is 1.42. The van der Waals surface area contributed by atoms with Gasteiger partial charge in [0.2, 0.25) is 0 Å². The quantitative estimate of drug-likeness (QED) is 0.808. The second-order valence-corrected chi connectivity index (χ2v) is 3.29. The second kappa shape index (κ2) is 3.82. The Morgan fingerprint density at radius 1 is 1.27 bits per heavy atom. The third-order valence-corrected chi connectivity index (χ3v) is 2.29. The molecular weight excluding hydrogens is 219 g/mol. The van der Waals surface area contributed by atoms with E-state index in [1.165, 1.54) is 24.3 Å². The molecule has 0 saturated carbocycles. The number of nitrogens with one attached hydrogen (secondary N) is 1. The Balaban J connectivity index is 2.59. The number of aromatic nitrogens is 2. The molecule has 1 heterocycles. The van der Waals surface area contributed by atoms with Crippen LogP contribution in [0.2, 0.25) is 5.02 Å². The molecule has 0 spiro atoms. The first-order chi connectivity index (χ1) is 7.18. The van der Waals surface area contributed by atoms with E-state index in [0.717, 1.165) is 0 Å². The molecule has 1 aromatic heterocycles. The Morgan fingerprint density at radius 2 is 2.07 bits per heavy atom. The van der Waals surface area contributed by atoms with Crippen molar-refractivity contribution in [3.63, 3.8) is 0 Å². The lowest BCUT2D eigenvalue weighted by Crippen LogP contribution is -2.05. The summed E-state index contributed by atoms with van der Waals surface area (Å²) in [4.78, 5) is 10.8. The Hall–Kier alpha value is -1.68. The van der Waals surface area contributed by atoms with E-state index >= 15 is 0 Å². The van der Waals surface area contributed by atoms with Crippen LogP contribution in [-0.2, 0) is 0 Å². The van der Waals surface area contributed by atoms with Gasteiger partial charge in [-0.25, -0.2) is 9.49 Å². The van der Waals surface area contributed by atoms with Gasteiger partial charge in [0.25, 0.3) is 5.56 Å². The Labute approximate surface area is 89.5 Å². The molecule has 0 aliphatic rings. The minimum absolute atomic E-state index is 0.00273. The lowest BCUT2D eigenvalue weighted by molar-refractivity contribution is 0.628. The molecule has 0 atom stereocenters. The summed E-state index contributed by atoms with van der Waals surface area (Å²) in [6.45, 7) is 0. The number of aromatic amines is 1. The van der Waals surface area contributed by atoms with E-state index in [0.29, 0.717) is 11.3 Å². The van der Waals surface area contributed by atoms with E-state index in [1.807, 2.05) is 0 Å². The van der Waals surface area contributed by atoms with Gasteiger partial charge in [-0.3, -0.25) is 4.79 Å². The molecule has 15 heavy (non-hydrogen) atoms. The van der Waals surface area contributed by atoms with Gasteiger partial charge in [-0.15, -0.1) is 0 Å². The molecule has 0 unspecified atom stereocenters. The van der Waals surface area contributed by atoms with E-state index < -0.39 is 5.82 Å². The smallest absolute Gasteiger partial charge is 0.264 e. The van der Waals surface area contributed by atoms with E-state index in [2.05, 4.69) is 10.2 Å². The summed E-state index contributed by atoms with van der Waals surface area (Å²) in [6.07, 6.45) is 0. The molecule has 0 aliphatic heterocycles. The molecule has 0 bridgehead atoms. The van der Waals surface area contributed by atoms with Crippen molar-refractivity contribution in [3.05, 3.63) is 51.5 Å². The van der Waals surface area contributed by atoms with Crippen LogP contribution in [0.1, 0.15) is 0 Å². The fourth-order valence-electron chi connectivity index (χ4n) is 1.20. The van der Waals surface area contributed by atoms with Crippen molar-refractivity contribution in [3.8, 4) is 11.3 Å². The number of benzene rings is 1. The van der Waals surface area contributed by atoms with Crippen LogP contribution in [0.15, 0.2) is 35.1 Å². The van der Waals surface area contributed by atoms with Gasteiger partial charge in [0, 0.05) is 11.6 Å². The van der Waals surface area contributed by atoms with Crippen LogP contribution >= 0.6 is 11.6 Å². The molecule has 76 valence electrons. The van der Waals surface area contributed by atoms with Crippen molar-refractivity contribution in [2.24, 2.45) is 0 Å². The molecule has 1 N–H and O–H groups in total. The third-order valence-electron chi connectivity index (χ3n) is 1.91. The number of rotatable bonds is 1. The monoisotopic (exact) mass is 224 g/mol. The molecule has 0 saturated heterocycles. The maximum absolute atomic E-state index is 13.1. The standard InChI is InChI=1S/C10H6ClFN2O/c11-10-6(2-1-3-7(10)12)8-4-5-9(15)14-13-8/h1-5H,(H,14,15). The molecule has 0 fully saturated rings. The highest BCUT2D eigenvalue weighted by atomic mass is 35.5. The molecule has 2 aromatic rings. The minimum atomic E-state index is -0.512. The van der Waals surface area contributed by atoms with Crippen LogP contribution < -0.4 is 5.56 Å². The largest absolute Gasteiger partial charge is 0.268 e. The van der Waals surface area contributed by atoms with Gasteiger partial charge in [-0.1, -0.05) is 23.7 Å². The first-order valence-electron chi connectivity index (χ1n) is 4.18. The van der Waals surface area contributed by atoms with Gasteiger partial charge in [-0.05, 0) is 12.1 Å². The first kappa shape index (κ1) is 9.86. The number of H-pyrrole nitrogens is 1. The van der Waals surface area contributed by atoms with Gasteiger partial charge in [0.15, 0.2) is 0 Å². The molecule has 3 nitrogen and oxygen atoms in total. The van der Waals surface area contributed by atoms with E-state index in [4.69, 9.17) is 11.6 Å². The predicted molar refractivity (Wildman–Crippen MR) is 55.3 cm³/mol. The third kappa shape index (κ3) is 1.89. The second-order valence-electron chi connectivity index (χ2n) is 2.91. The van der Waals surface area contributed by atoms with Crippen molar-refractivity contribution >= 4 is 11.6 Å². The fraction of sp³-hybridized carbons (Fsp3) is 0. The summed E-state index contributed by atoms with van der Waals surface area (Å²) >= 11 is 5.76. The van der Waals surface area contributed by atoms with Gasteiger partial charge < -0.3 is 0 Å². The van der Waals surface area contributed by atoms with Crippen molar-refractivity contribution in [1.29, 1.82) is 0 Å². The lowest BCUT2D eigenvalue weighted by Gasteiger charge is -2.02. The number of halogens is 2. The van der Waals surface area contributed by atoms with Crippen LogP contribution in [0.4, 0.5) is 4.39 Å². The predicted octanol–water partition coefficient (Wildman–Crippen LogP) is 2.23. The molecule has 0 radical (unpaired) electrons. The highest BCUT2D eigenvalue weighted by Crippen LogP contribution is 2.27. The maximum atomic E-state index is 13.1. The number of hydrogen-bond acceptors (Lipinski definition) is 2. The first-order valence-corrected chi connectivity index (χ1v) is 4.56. The van der Waals surface area contributed by atoms with Gasteiger partial charge >= 0.3 is 0 Å². The summed E-state index contributed by atoms with van der Waals surface area (Å²) in [6, 6.07) is 7.22. The zero-order valence-corrected chi connectivity index (χ0v) is 8.25. The zero-order valence-electron chi connectivity index (χ0n) is 7.50. The van der Waals surface area contributed by atoms with E-state index in [1.54, 1.807) is 6.07 Å². The normalized spacial score (nSPS) is 10.3. The number of nitrogens with zero attached hydrogens (tertiary/aromatic N) is 1. The summed E-state index contributed by atoms with van der Waals surface area (Å²) in [5, 5.41) is 6.02. The number of hydrogen-bond donors (Lipinski definition) is 1. The van der Waals surface area contributed by atoms with Crippen LogP contribution in [-0.4, -0.2) is 10.2 Å². The molecule has 5 heteroatoms. The highest BCUT2D eigenvalue weighted by molar-refractivity contribution is 6.33. The van der Waals surface area contributed by atoms with Crippen LogP contribution in [0.25, 0.3) is 11.3 Å². The Bertz CT molecular complexity index is 533. The highest BCUT2D eigenvalue weighted by Gasteiger charge is 2.08. The van der Waals surface area contributed by atoms with E-state index in [9.17, 15) is 9.18 Å². The molecule has 0 aliphatic carbocycles. The summed E-state index contributed by atoms with van der Waals surface area (Å²) in [5.74, 6) is -0.512. The van der Waals surface area contributed by atoms with Crippen LogP contribution in [0.3, 0.4) is 0 Å². The average Bonchev–Trinajstić information content (AvgIpc) is 2.24. The van der Waals surface area contributed by atoms with Gasteiger partial charge in [-0.2, -0.15) is 5.10 Å². The van der Waals surface area contributed by atoms with Gasteiger partial charge in [0.05, 0.1) is 10.7 Å². The van der Waals surface area contributed by atoms with Crippen LogP contribution in [0, 0.1) is 5.82 Å². The van der Waals surface area contributed by atoms with E-state index in [-0.39, 0.29) is 10.6 Å². The van der Waals surface area contributed by atoms with Crippen molar-refractivity contribution < 1.29 is 4.39 Å². The van der Waals surface area contributed by atoms with Crippen molar-refractivity contribution in [2.45, 2.75) is 0 Å². The minimum Gasteiger partial charge on any atom is -0.268 e. The maximum Gasteiger partial charge on any atom is 0.264 e. The summed E-state index contributed by atoms with van der Waals surface area (Å²) in [5.41, 5.74) is 0.568. The molecule has 0 amide bonds. The zero-order chi connectivity index (χ0) is 10.8. The lowest BCUT2D eigenvalue weighted by atomic mass is 10.1. The van der Waals surface area contributed by atoms with Crippen LogP contribution in [0.5, 0.6) is 0 Å². The Kier molecular flexibility index (Phi) is 2.51. The Morgan fingerprint density at radius 3 is 2.73 bits per heavy atom. The summed E-state index contributed by atoms with van der Waals surface area (Å²) in [7, 11) is 0. The van der Waals surface area contributed by atoms with Crippen molar-refractivity contribution in [1.82, 2.24) is 10.2 Å². The topological polar surface area (TPSA) is 45.8 Å². The average molecular weight is 225 g/mol. The van der Waals surface area contributed by atoms with Gasteiger partial charge in [0.1, 0.15) is 5.82 Å². The SMILES string of the molecule is O=c1ccc(-c2cccc(F)c2Cl)n[nH]1. The molecular formula is C10H6ClFN2O.